The Balaban J connectivity index is 0.00000243. The van der Waals surface area contributed by atoms with Crippen molar-refractivity contribution in [2.45, 2.75) is 39.0 Å². The van der Waals surface area contributed by atoms with Gasteiger partial charge in [-0.05, 0) is 70.8 Å². The molecule has 0 saturated carbocycles. The Labute approximate surface area is 169 Å². The number of rotatable bonds is 6. The molecule has 2 heterocycles. The van der Waals surface area contributed by atoms with E-state index in [2.05, 4.69) is 39.0 Å². The number of carbonyl (C=O) groups excluding carboxylic acids is 1. The minimum absolute atomic E-state index is 0. The number of aliphatic hydroxyl groups excluding tert-OH is 1. The van der Waals surface area contributed by atoms with E-state index in [-0.39, 0.29) is 13.3 Å². The summed E-state index contributed by atoms with van der Waals surface area (Å²) in [7, 11) is 0. The molecule has 1 fully saturated rings. The minimum atomic E-state index is -0.904. The number of aromatic nitrogens is 1. The van der Waals surface area contributed by atoms with Crippen molar-refractivity contribution >= 4 is 28.5 Å². The Morgan fingerprint density at radius 3 is 2.58 bits per heavy atom. The Hall–Kier alpha value is -1.51. The summed E-state index contributed by atoms with van der Waals surface area (Å²) >= 11 is 2.27. The fourth-order valence-electron chi connectivity index (χ4n) is 3.10. The average Bonchev–Trinajstić information content (AvgIpc) is 3.17. The third kappa shape index (κ3) is 5.25. The maximum absolute atomic E-state index is 12.9. The topological polar surface area (TPSA) is 65.5 Å². The molecule has 6 heteroatoms. The molecule has 1 aliphatic heterocycles. The lowest BCUT2D eigenvalue weighted by Crippen LogP contribution is -2.48. The molecule has 2 aromatic rings. The first-order valence-electron chi connectivity index (χ1n) is 8.50. The van der Waals surface area contributed by atoms with Crippen LogP contribution >= 0.6 is 22.6 Å². The molecule has 140 valence electrons. The Morgan fingerprint density at radius 1 is 1.23 bits per heavy atom. The first-order chi connectivity index (χ1) is 12.1. The lowest BCUT2D eigenvalue weighted by atomic mass is 10.0. The number of hydrogen-bond acceptors (Lipinski definition) is 4. The van der Waals surface area contributed by atoms with Crippen molar-refractivity contribution in [2.24, 2.45) is 0 Å². The van der Waals surface area contributed by atoms with Crippen LogP contribution in [0.15, 0.2) is 48.8 Å². The van der Waals surface area contributed by atoms with Crippen LogP contribution in [0.4, 0.5) is 0 Å². The monoisotopic (exact) mass is 467 g/mol. The number of amides is 1. The van der Waals surface area contributed by atoms with E-state index >= 15 is 0 Å². The van der Waals surface area contributed by atoms with Crippen molar-refractivity contribution in [3.8, 4) is 0 Å². The van der Waals surface area contributed by atoms with E-state index in [0.717, 1.165) is 35.1 Å². The standard InChI is InChI=1S/C19H22IN3O2.CH4/c20-16-5-3-4-14(12-16)13-22-17(19(25)23-10-1-2-11-23)18(24)15-6-8-21-9-7-15;/h3-9,12,17-18,22,24H,1-2,10-11,13H2;1H4/t17-,18+;/m1./s1. The van der Waals surface area contributed by atoms with Gasteiger partial charge in [0.25, 0.3) is 0 Å². The van der Waals surface area contributed by atoms with Gasteiger partial charge in [-0.25, -0.2) is 0 Å². The Bertz CT molecular complexity index is 705. The van der Waals surface area contributed by atoms with E-state index in [1.165, 1.54) is 0 Å². The smallest absolute Gasteiger partial charge is 0.242 e. The summed E-state index contributed by atoms with van der Waals surface area (Å²) in [4.78, 5) is 18.8. The van der Waals surface area contributed by atoms with Gasteiger partial charge in [0.1, 0.15) is 12.1 Å². The van der Waals surface area contributed by atoms with Crippen LogP contribution in [0.25, 0.3) is 0 Å². The van der Waals surface area contributed by atoms with Crippen molar-refractivity contribution < 1.29 is 9.90 Å². The molecule has 0 aliphatic carbocycles. The average molecular weight is 467 g/mol. The molecule has 0 radical (unpaired) electrons. The predicted molar refractivity (Wildman–Crippen MR) is 112 cm³/mol. The highest BCUT2D eigenvalue weighted by Crippen LogP contribution is 2.20. The van der Waals surface area contributed by atoms with Gasteiger partial charge in [0.05, 0.1) is 0 Å². The fraction of sp³-hybridized carbons (Fsp3) is 0.400. The van der Waals surface area contributed by atoms with Crippen molar-refractivity contribution in [3.63, 3.8) is 0 Å². The maximum atomic E-state index is 12.9. The number of likely N-dealkylation sites (tertiary alicyclic amines) is 1. The van der Waals surface area contributed by atoms with Gasteiger partial charge in [-0.1, -0.05) is 19.6 Å². The van der Waals surface area contributed by atoms with Gasteiger partial charge >= 0.3 is 0 Å². The predicted octanol–water partition coefficient (Wildman–Crippen LogP) is 3.14. The molecule has 0 bridgehead atoms. The zero-order valence-corrected chi connectivity index (χ0v) is 16.1. The summed E-state index contributed by atoms with van der Waals surface area (Å²) in [5, 5.41) is 14.1. The minimum Gasteiger partial charge on any atom is -0.386 e. The highest BCUT2D eigenvalue weighted by molar-refractivity contribution is 14.1. The van der Waals surface area contributed by atoms with E-state index in [0.29, 0.717) is 12.1 Å². The summed E-state index contributed by atoms with van der Waals surface area (Å²) in [6.07, 6.45) is 4.42. The van der Waals surface area contributed by atoms with Gasteiger partial charge in [0.15, 0.2) is 0 Å². The van der Waals surface area contributed by atoms with Crippen LogP contribution in [-0.4, -0.2) is 40.0 Å². The molecular weight excluding hydrogens is 441 g/mol. The van der Waals surface area contributed by atoms with E-state index in [9.17, 15) is 9.90 Å². The molecule has 2 atom stereocenters. The van der Waals surface area contributed by atoms with Gasteiger partial charge in [0, 0.05) is 35.6 Å². The van der Waals surface area contributed by atoms with E-state index in [1.807, 2.05) is 23.1 Å². The molecule has 1 aromatic carbocycles. The lowest BCUT2D eigenvalue weighted by Gasteiger charge is -2.28. The summed E-state index contributed by atoms with van der Waals surface area (Å²) < 4.78 is 1.15. The number of pyridine rings is 1. The zero-order valence-electron chi connectivity index (χ0n) is 13.9. The molecule has 1 saturated heterocycles. The highest BCUT2D eigenvalue weighted by atomic mass is 127. The van der Waals surface area contributed by atoms with E-state index in [1.54, 1.807) is 24.5 Å². The van der Waals surface area contributed by atoms with Gasteiger partial charge < -0.3 is 10.0 Å². The summed E-state index contributed by atoms with van der Waals surface area (Å²) in [6.45, 7) is 2.07. The van der Waals surface area contributed by atoms with Gasteiger partial charge in [-0.2, -0.15) is 0 Å². The quantitative estimate of drug-likeness (QED) is 0.641. The second-order valence-corrected chi connectivity index (χ2v) is 7.49. The molecule has 1 amide bonds. The SMILES string of the molecule is C.O=C([C@H](NCc1cccc(I)c1)[C@@H](O)c1ccncc1)N1CCCC1. The van der Waals surface area contributed by atoms with Crippen molar-refractivity contribution in [1.29, 1.82) is 0 Å². The largest absolute Gasteiger partial charge is 0.386 e. The van der Waals surface area contributed by atoms with Gasteiger partial charge in [-0.3, -0.25) is 15.1 Å². The van der Waals surface area contributed by atoms with Crippen LogP contribution in [0.5, 0.6) is 0 Å². The normalized spacial score (nSPS) is 16.0. The molecule has 3 rings (SSSR count). The van der Waals surface area contributed by atoms with Gasteiger partial charge in [-0.15, -0.1) is 0 Å². The molecule has 0 spiro atoms. The van der Waals surface area contributed by atoms with Crippen LogP contribution < -0.4 is 5.32 Å². The third-order valence-electron chi connectivity index (χ3n) is 4.46. The van der Waals surface area contributed by atoms with E-state index < -0.39 is 12.1 Å². The summed E-state index contributed by atoms with van der Waals surface area (Å²) in [6, 6.07) is 11.0. The van der Waals surface area contributed by atoms with Crippen molar-refractivity contribution in [2.75, 3.05) is 13.1 Å². The Morgan fingerprint density at radius 2 is 1.92 bits per heavy atom. The fourth-order valence-corrected chi connectivity index (χ4v) is 3.70. The summed E-state index contributed by atoms with van der Waals surface area (Å²) in [5.41, 5.74) is 1.79. The number of aliphatic hydroxyl groups is 1. The van der Waals surface area contributed by atoms with Crippen molar-refractivity contribution in [1.82, 2.24) is 15.2 Å². The number of halogens is 1. The number of carbonyl (C=O) groups is 1. The molecule has 2 N–H and O–H groups in total. The molecule has 26 heavy (non-hydrogen) atoms. The third-order valence-corrected chi connectivity index (χ3v) is 5.13. The second kappa shape index (κ2) is 9.99. The number of nitrogens with zero attached hydrogens (tertiary/aromatic N) is 2. The van der Waals surface area contributed by atoms with Crippen LogP contribution in [0.2, 0.25) is 0 Å². The van der Waals surface area contributed by atoms with Crippen LogP contribution in [0, 0.1) is 3.57 Å². The maximum Gasteiger partial charge on any atom is 0.242 e. The van der Waals surface area contributed by atoms with Crippen LogP contribution in [0.1, 0.15) is 37.5 Å². The Kier molecular flexibility index (Phi) is 7.99. The number of benzene rings is 1. The van der Waals surface area contributed by atoms with Crippen LogP contribution in [-0.2, 0) is 11.3 Å². The first-order valence-corrected chi connectivity index (χ1v) is 9.57. The van der Waals surface area contributed by atoms with Crippen molar-refractivity contribution in [3.05, 3.63) is 63.5 Å². The highest BCUT2D eigenvalue weighted by Gasteiger charge is 2.32. The molecular formula is C20H26IN3O2. The molecule has 5 nitrogen and oxygen atoms in total. The molecule has 1 aliphatic rings. The second-order valence-electron chi connectivity index (χ2n) is 6.25. The van der Waals surface area contributed by atoms with E-state index in [4.69, 9.17) is 0 Å². The zero-order chi connectivity index (χ0) is 17.6. The number of hydrogen-bond donors (Lipinski definition) is 2. The first kappa shape index (κ1) is 20.8. The lowest BCUT2D eigenvalue weighted by molar-refractivity contribution is -0.135. The molecule has 0 unspecified atom stereocenters. The number of nitrogens with one attached hydrogen (secondary N) is 1. The summed E-state index contributed by atoms with van der Waals surface area (Å²) in [5.74, 6) is -0.0348. The molecule has 1 aromatic heterocycles. The van der Waals surface area contributed by atoms with Gasteiger partial charge in [0.2, 0.25) is 5.91 Å². The van der Waals surface area contributed by atoms with Crippen LogP contribution in [0.3, 0.4) is 0 Å².